The molecule has 0 saturated carbocycles. The van der Waals surface area contributed by atoms with E-state index < -0.39 is 64.2 Å². The summed E-state index contributed by atoms with van der Waals surface area (Å²) in [7, 11) is 2.69. The number of nitrogens with one attached hydrogen (secondary N) is 6. The first-order chi connectivity index (χ1) is 31.7. The maximum atomic E-state index is 15.0. The fourth-order valence-electron chi connectivity index (χ4n) is 6.83. The van der Waals surface area contributed by atoms with Crippen LogP contribution in [-0.2, 0) is 38.4 Å². The van der Waals surface area contributed by atoms with Crippen molar-refractivity contribution in [3.8, 4) is 0 Å². The van der Waals surface area contributed by atoms with Gasteiger partial charge in [-0.25, -0.2) is 23.4 Å². The van der Waals surface area contributed by atoms with Gasteiger partial charge in [-0.3, -0.25) is 39.4 Å². The molecule has 370 valence electrons. The zero-order valence-electron chi connectivity index (χ0n) is 39.9. The van der Waals surface area contributed by atoms with Crippen LogP contribution in [-0.4, -0.2) is 127 Å². The molecule has 67 heavy (non-hydrogen) atoms. The van der Waals surface area contributed by atoms with Crippen molar-refractivity contribution in [3.05, 3.63) is 71.3 Å². The SMILES string of the molecule is CCC(=O)NCCC(=O)C(C)(CC)NCC(=O)C(C)(CC)NC(COC(=O)NCCC(=O)NCCC[C@@]1(c2ccccc2)SC(c2cc(F)ccc2F)=NN1C(=O)N(C)OC)C(=O)NC(C)C. The molecule has 1 aliphatic rings. The number of ether oxygens (including phenoxy) is 1. The molecule has 6 amide bonds. The topological polar surface area (TPSA) is 229 Å². The van der Waals surface area contributed by atoms with Gasteiger partial charge in [0.2, 0.25) is 17.7 Å². The number of urea groups is 1. The van der Waals surface area contributed by atoms with E-state index in [1.807, 2.05) is 6.92 Å². The third-order valence-electron chi connectivity index (χ3n) is 11.4. The van der Waals surface area contributed by atoms with Crippen molar-refractivity contribution in [2.24, 2.45) is 5.10 Å². The van der Waals surface area contributed by atoms with Gasteiger partial charge in [0.1, 0.15) is 34.2 Å². The van der Waals surface area contributed by atoms with E-state index in [2.05, 4.69) is 37.0 Å². The van der Waals surface area contributed by atoms with Crippen LogP contribution in [0, 0.1) is 11.6 Å². The minimum Gasteiger partial charge on any atom is -0.447 e. The number of thioether (sulfide) groups is 1. The molecular formula is C46H67F2N9O9S. The predicted molar refractivity (Wildman–Crippen MR) is 250 cm³/mol. The Morgan fingerprint density at radius 1 is 0.866 bits per heavy atom. The molecule has 1 aliphatic heterocycles. The number of benzene rings is 2. The average Bonchev–Trinajstić information content (AvgIpc) is 3.70. The Hall–Kier alpha value is -5.51. The molecule has 3 unspecified atom stereocenters. The number of carbonyl (C=O) groups is 7. The lowest BCUT2D eigenvalue weighted by molar-refractivity contribution is -0.129. The Labute approximate surface area is 395 Å². The molecule has 0 fully saturated rings. The van der Waals surface area contributed by atoms with Gasteiger partial charge in [-0.15, -0.1) is 0 Å². The lowest BCUT2D eigenvalue weighted by Gasteiger charge is -2.37. The van der Waals surface area contributed by atoms with Crippen molar-refractivity contribution in [2.75, 3.05) is 46.9 Å². The van der Waals surface area contributed by atoms with E-state index in [9.17, 15) is 38.0 Å². The van der Waals surface area contributed by atoms with Crippen LogP contribution in [0.4, 0.5) is 18.4 Å². The van der Waals surface area contributed by atoms with Crippen LogP contribution in [0.1, 0.15) is 105 Å². The van der Waals surface area contributed by atoms with Crippen LogP contribution in [0.15, 0.2) is 53.6 Å². The number of Topliss-reactive ketones (excluding diaryl/α,β-unsaturated/α-hetero) is 2. The maximum Gasteiger partial charge on any atom is 0.407 e. The predicted octanol–water partition coefficient (Wildman–Crippen LogP) is 4.62. The molecule has 0 bridgehead atoms. The number of rotatable bonds is 27. The zero-order valence-corrected chi connectivity index (χ0v) is 40.8. The number of alkyl carbamates (subject to hydrolysis) is 1. The summed E-state index contributed by atoms with van der Waals surface area (Å²) in [5, 5.41) is 23.6. The molecule has 0 aromatic heterocycles. The second kappa shape index (κ2) is 26.1. The molecule has 4 atom stereocenters. The van der Waals surface area contributed by atoms with E-state index in [0.717, 1.165) is 35.0 Å². The molecule has 0 radical (unpaired) electrons. The highest BCUT2D eigenvalue weighted by atomic mass is 32.2. The van der Waals surface area contributed by atoms with Crippen LogP contribution in [0.3, 0.4) is 0 Å². The average molecular weight is 960 g/mol. The molecule has 0 aliphatic carbocycles. The lowest BCUT2D eigenvalue weighted by atomic mass is 9.88. The Balaban J connectivity index is 1.59. The summed E-state index contributed by atoms with van der Waals surface area (Å²) in [4.78, 5) is 95.1. The van der Waals surface area contributed by atoms with E-state index in [1.165, 1.54) is 19.2 Å². The highest BCUT2D eigenvalue weighted by molar-refractivity contribution is 8.15. The Bertz CT molecular complexity index is 2080. The summed E-state index contributed by atoms with van der Waals surface area (Å²) >= 11 is 1.07. The Morgan fingerprint density at radius 3 is 2.15 bits per heavy atom. The molecule has 2 aromatic rings. The molecule has 2 aromatic carbocycles. The number of hydrogen-bond donors (Lipinski definition) is 6. The quantitative estimate of drug-likeness (QED) is 0.0533. The number of hydroxylamine groups is 2. The van der Waals surface area contributed by atoms with Crippen molar-refractivity contribution in [1.82, 2.24) is 42.0 Å². The van der Waals surface area contributed by atoms with Crippen molar-refractivity contribution >= 4 is 58.2 Å². The number of amides is 6. The fourth-order valence-corrected chi connectivity index (χ4v) is 8.24. The minimum absolute atomic E-state index is 0.0704. The summed E-state index contributed by atoms with van der Waals surface area (Å²) in [6, 6.07) is 9.79. The second-order valence-electron chi connectivity index (χ2n) is 16.7. The lowest BCUT2D eigenvalue weighted by Crippen LogP contribution is -2.62. The van der Waals surface area contributed by atoms with E-state index in [4.69, 9.17) is 9.57 Å². The molecular weight excluding hydrogens is 893 g/mol. The number of hydrazone groups is 1. The molecule has 0 saturated heterocycles. The Kier molecular flexibility index (Phi) is 21.8. The molecule has 0 spiro atoms. The third-order valence-corrected chi connectivity index (χ3v) is 12.9. The van der Waals surface area contributed by atoms with Gasteiger partial charge in [-0.05, 0) is 77.1 Å². The number of halogens is 2. The Morgan fingerprint density at radius 2 is 1.52 bits per heavy atom. The number of ketones is 2. The van der Waals surface area contributed by atoms with Gasteiger partial charge >= 0.3 is 12.1 Å². The summed E-state index contributed by atoms with van der Waals surface area (Å²) < 4.78 is 34.7. The first-order valence-corrected chi connectivity index (χ1v) is 23.2. The van der Waals surface area contributed by atoms with E-state index in [-0.39, 0.29) is 86.0 Å². The van der Waals surface area contributed by atoms with Gasteiger partial charge in [-0.2, -0.15) is 10.1 Å². The van der Waals surface area contributed by atoms with Crippen molar-refractivity contribution in [1.29, 1.82) is 0 Å². The van der Waals surface area contributed by atoms with E-state index >= 15 is 4.39 Å². The standard InChI is InChI=1S/C46H67F2N9O9S/c1-10-38(60)50-25-21-36(58)44(6,11-2)52-28-37(59)45(7,12-3)54-35(40(62)53-30(4)5)29-66-42(63)51-26-22-39(61)49-24-16-23-46(31-17-14-13-15-18-31)57(43(64)56(8)65-9)55-41(67-46)33-27-32(47)19-20-34(33)48/h13-15,17-20,27,30,35,52,54H,10-12,16,21-26,28-29H2,1-9H3,(H,49,61)(H,50,60)(H,51,63)(H,53,62)/t35?,44?,45?,46-/m0/s1. The first-order valence-electron chi connectivity index (χ1n) is 22.4. The normalized spacial score (nSPS) is 16.8. The summed E-state index contributed by atoms with van der Waals surface area (Å²) in [5.41, 5.74) is -1.81. The highest BCUT2D eigenvalue weighted by Gasteiger charge is 2.50. The van der Waals surface area contributed by atoms with Crippen LogP contribution in [0.2, 0.25) is 0 Å². The second-order valence-corrected chi connectivity index (χ2v) is 17.9. The summed E-state index contributed by atoms with van der Waals surface area (Å²) in [5.74, 6) is -3.01. The van der Waals surface area contributed by atoms with Crippen LogP contribution >= 0.6 is 11.8 Å². The molecule has 18 nitrogen and oxygen atoms in total. The maximum absolute atomic E-state index is 15.0. The third kappa shape index (κ3) is 15.8. The van der Waals surface area contributed by atoms with Crippen LogP contribution in [0.25, 0.3) is 0 Å². The summed E-state index contributed by atoms with van der Waals surface area (Å²) in [6.45, 7) is 11.6. The zero-order chi connectivity index (χ0) is 50.0. The van der Waals surface area contributed by atoms with E-state index in [0.29, 0.717) is 24.8 Å². The molecule has 3 rings (SSSR count). The van der Waals surface area contributed by atoms with Crippen molar-refractivity contribution in [3.63, 3.8) is 0 Å². The number of nitrogens with zero attached hydrogens (tertiary/aromatic N) is 3. The van der Waals surface area contributed by atoms with Crippen molar-refractivity contribution in [2.45, 2.75) is 121 Å². The minimum atomic E-state index is -1.28. The van der Waals surface area contributed by atoms with Gasteiger partial charge in [0.05, 0.1) is 24.7 Å². The van der Waals surface area contributed by atoms with Crippen LogP contribution in [0.5, 0.6) is 0 Å². The molecule has 1 heterocycles. The highest BCUT2D eigenvalue weighted by Crippen LogP contribution is 2.51. The number of hydrogen-bond acceptors (Lipinski definition) is 13. The smallest absolute Gasteiger partial charge is 0.407 e. The molecule has 21 heteroatoms. The van der Waals surface area contributed by atoms with E-state index in [1.54, 1.807) is 71.9 Å². The largest absolute Gasteiger partial charge is 0.447 e. The van der Waals surface area contributed by atoms with Gasteiger partial charge < -0.3 is 26.0 Å². The van der Waals surface area contributed by atoms with Crippen LogP contribution < -0.4 is 31.9 Å². The first kappa shape index (κ1) is 55.8. The van der Waals surface area contributed by atoms with Gasteiger partial charge in [0, 0.05) is 57.5 Å². The summed E-state index contributed by atoms with van der Waals surface area (Å²) in [6.07, 6.45) is 0.470. The van der Waals surface area contributed by atoms with Gasteiger partial charge in [-0.1, -0.05) is 62.9 Å². The monoisotopic (exact) mass is 959 g/mol. The number of carbonyl (C=O) groups excluding carboxylic acids is 7. The van der Waals surface area contributed by atoms with Crippen molar-refractivity contribution < 1.29 is 51.9 Å². The van der Waals surface area contributed by atoms with Gasteiger partial charge in [0.25, 0.3) is 0 Å². The fraction of sp³-hybridized carbons (Fsp3) is 0.565. The molecule has 6 N–H and O–H groups in total. The van der Waals surface area contributed by atoms with Gasteiger partial charge in [0.15, 0.2) is 11.6 Å².